The molecule has 1 heterocycles. The van der Waals surface area contributed by atoms with Crippen molar-refractivity contribution in [1.82, 2.24) is 15.2 Å². The molecule has 0 bridgehead atoms. The van der Waals surface area contributed by atoms with E-state index in [-0.39, 0.29) is 0 Å². The van der Waals surface area contributed by atoms with Crippen molar-refractivity contribution in [3.8, 4) is 0 Å². The van der Waals surface area contributed by atoms with Crippen molar-refractivity contribution >= 4 is 5.97 Å². The van der Waals surface area contributed by atoms with Gasteiger partial charge in [0.05, 0.1) is 5.56 Å². The minimum Gasteiger partial charge on any atom is -0.475 e. The molecule has 0 unspecified atom stereocenters. The second kappa shape index (κ2) is 4.60. The van der Waals surface area contributed by atoms with Gasteiger partial charge in [-0.15, -0.1) is 0 Å². The predicted octanol–water partition coefficient (Wildman–Crippen LogP) is 1.65. The van der Waals surface area contributed by atoms with E-state index in [1.807, 2.05) is 5.10 Å². The van der Waals surface area contributed by atoms with Gasteiger partial charge in [-0.3, -0.25) is 5.10 Å². The first-order chi connectivity index (χ1) is 7.41. The number of H-pyrrole nitrogens is 1. The second-order valence-corrected chi connectivity index (χ2v) is 2.61. The SMILES string of the molecule is O=C(O)c1ncc(C(F)(F)F)cccn[nH]1. The Hall–Kier alpha value is -2.12. The number of aromatic carboxylic acids is 1. The number of rotatable bonds is 1. The zero-order valence-corrected chi connectivity index (χ0v) is 7.69. The monoisotopic (exact) mass is 233 g/mol. The average molecular weight is 233 g/mol. The molecule has 0 atom stereocenters. The van der Waals surface area contributed by atoms with E-state index < -0.39 is 23.5 Å². The van der Waals surface area contributed by atoms with Crippen molar-refractivity contribution in [2.75, 3.05) is 0 Å². The molecule has 8 heteroatoms. The average Bonchev–Trinajstić information content (AvgIpc) is 2.26. The number of aromatic amines is 1. The summed E-state index contributed by atoms with van der Waals surface area (Å²) in [5, 5.41) is 13.9. The summed E-state index contributed by atoms with van der Waals surface area (Å²) in [6, 6.07) is 1.76. The van der Waals surface area contributed by atoms with Crippen molar-refractivity contribution in [2.45, 2.75) is 6.18 Å². The Kier molecular flexibility index (Phi) is 3.44. The number of carboxylic acid groups (broad SMARTS) is 1. The van der Waals surface area contributed by atoms with Crippen molar-refractivity contribution in [3.05, 3.63) is 35.9 Å². The molecule has 0 saturated carbocycles. The highest BCUT2D eigenvalue weighted by molar-refractivity contribution is 5.82. The summed E-state index contributed by atoms with van der Waals surface area (Å²) in [7, 11) is 0. The molecule has 0 saturated heterocycles. The molecular formula is C8H6F3N3O2. The second-order valence-electron chi connectivity index (χ2n) is 2.61. The fraction of sp³-hybridized carbons (Fsp3) is 0.125. The lowest BCUT2D eigenvalue weighted by Gasteiger charge is -2.02. The zero-order valence-electron chi connectivity index (χ0n) is 7.69. The maximum atomic E-state index is 12.3. The number of alkyl halides is 3. The molecule has 0 aliphatic rings. The zero-order chi connectivity index (χ0) is 12.2. The van der Waals surface area contributed by atoms with Gasteiger partial charge in [0.15, 0.2) is 0 Å². The maximum Gasteiger partial charge on any atom is 0.417 e. The standard InChI is InChI=1S/C8H6F3N3O2/c9-8(10,11)5-2-1-3-13-14-6(7(15)16)12-4-5/h1-4H,(H,12,14)(H,15,16). The van der Waals surface area contributed by atoms with Gasteiger partial charge in [0.1, 0.15) is 0 Å². The van der Waals surface area contributed by atoms with Crippen LogP contribution in [0.5, 0.6) is 0 Å². The molecular weight excluding hydrogens is 227 g/mol. The van der Waals surface area contributed by atoms with Gasteiger partial charge in [-0.1, -0.05) is 0 Å². The van der Waals surface area contributed by atoms with Gasteiger partial charge < -0.3 is 5.11 Å². The number of hydrogen-bond donors (Lipinski definition) is 2. The lowest BCUT2D eigenvalue weighted by molar-refractivity contribution is -0.137. The van der Waals surface area contributed by atoms with Crippen LogP contribution >= 0.6 is 0 Å². The molecule has 0 aromatic carbocycles. The number of halogens is 3. The number of aromatic nitrogens is 3. The fourth-order valence-electron chi connectivity index (χ4n) is 0.765. The number of nitrogens with zero attached hydrogens (tertiary/aromatic N) is 2. The third-order valence-electron chi connectivity index (χ3n) is 1.47. The summed E-state index contributed by atoms with van der Waals surface area (Å²) >= 11 is 0. The summed E-state index contributed by atoms with van der Waals surface area (Å²) in [5.74, 6) is -2.20. The van der Waals surface area contributed by atoms with Gasteiger partial charge in [-0.05, 0) is 12.1 Å². The Morgan fingerprint density at radius 1 is 1.44 bits per heavy atom. The van der Waals surface area contributed by atoms with Gasteiger partial charge in [-0.25, -0.2) is 9.78 Å². The minimum atomic E-state index is -4.60. The highest BCUT2D eigenvalue weighted by Crippen LogP contribution is 2.27. The third-order valence-corrected chi connectivity index (χ3v) is 1.47. The van der Waals surface area contributed by atoms with Crippen molar-refractivity contribution in [3.63, 3.8) is 0 Å². The predicted molar refractivity (Wildman–Crippen MR) is 46.0 cm³/mol. The van der Waals surface area contributed by atoms with E-state index in [0.717, 1.165) is 18.3 Å². The maximum absolute atomic E-state index is 12.3. The van der Waals surface area contributed by atoms with Gasteiger partial charge >= 0.3 is 12.1 Å². The van der Waals surface area contributed by atoms with Crippen molar-refractivity contribution < 1.29 is 23.1 Å². The van der Waals surface area contributed by atoms with Crippen molar-refractivity contribution in [1.29, 1.82) is 0 Å². The van der Waals surface area contributed by atoms with Gasteiger partial charge in [0.2, 0.25) is 5.82 Å². The van der Waals surface area contributed by atoms with Crippen LogP contribution in [-0.4, -0.2) is 26.3 Å². The van der Waals surface area contributed by atoms with Gasteiger partial charge in [0.25, 0.3) is 0 Å². The fourth-order valence-corrected chi connectivity index (χ4v) is 0.765. The summed E-state index contributed by atoms with van der Waals surface area (Å²) in [6.45, 7) is 0. The summed E-state index contributed by atoms with van der Waals surface area (Å²) in [5.41, 5.74) is -1.07. The first-order valence-corrected chi connectivity index (χ1v) is 3.95. The Morgan fingerprint density at radius 2 is 2.12 bits per heavy atom. The first-order valence-electron chi connectivity index (χ1n) is 3.95. The van der Waals surface area contributed by atoms with E-state index in [1.165, 1.54) is 0 Å². The smallest absolute Gasteiger partial charge is 0.417 e. The van der Waals surface area contributed by atoms with Crippen LogP contribution in [0.15, 0.2) is 24.5 Å². The van der Waals surface area contributed by atoms with Crippen LogP contribution in [0.3, 0.4) is 0 Å². The molecule has 5 nitrogen and oxygen atoms in total. The number of hydrogen-bond acceptors (Lipinski definition) is 3. The Balaban J connectivity index is 3.37. The number of carbonyl (C=O) groups is 1. The lowest BCUT2D eigenvalue weighted by atomic mass is 10.3. The number of carboxylic acids is 1. The molecule has 1 aromatic heterocycles. The summed E-state index contributed by atoms with van der Waals surface area (Å²) < 4.78 is 36.9. The van der Waals surface area contributed by atoms with Crippen LogP contribution in [0, 0.1) is 0 Å². The molecule has 0 amide bonds. The Bertz CT molecular complexity index is 440. The van der Waals surface area contributed by atoms with Crippen LogP contribution in [0.25, 0.3) is 0 Å². The normalized spacial score (nSPS) is 10.7. The molecule has 0 spiro atoms. The number of nitrogens with one attached hydrogen (secondary N) is 1. The Morgan fingerprint density at radius 3 is 2.69 bits per heavy atom. The van der Waals surface area contributed by atoms with E-state index in [1.54, 1.807) is 0 Å². The van der Waals surface area contributed by atoms with E-state index >= 15 is 0 Å². The molecule has 86 valence electrons. The molecule has 0 aliphatic carbocycles. The van der Waals surface area contributed by atoms with Crippen LogP contribution < -0.4 is 0 Å². The molecule has 1 rings (SSSR count). The Labute approximate surface area is 87.3 Å². The topological polar surface area (TPSA) is 78.9 Å². The molecule has 0 radical (unpaired) electrons. The van der Waals surface area contributed by atoms with Crippen LogP contribution in [0.2, 0.25) is 0 Å². The highest BCUT2D eigenvalue weighted by Gasteiger charge is 2.30. The first kappa shape index (κ1) is 12.0. The van der Waals surface area contributed by atoms with Gasteiger partial charge in [-0.2, -0.15) is 18.3 Å². The highest BCUT2D eigenvalue weighted by atomic mass is 19.4. The lowest BCUT2D eigenvalue weighted by Crippen LogP contribution is -2.05. The molecule has 2 N–H and O–H groups in total. The summed E-state index contributed by atoms with van der Waals surface area (Å²) in [4.78, 5) is 13.6. The van der Waals surface area contributed by atoms with Crippen LogP contribution in [0.4, 0.5) is 13.2 Å². The molecule has 0 aliphatic heterocycles. The minimum absolute atomic E-state index is 0.418. The van der Waals surface area contributed by atoms with E-state index in [0.29, 0.717) is 6.20 Å². The van der Waals surface area contributed by atoms with Gasteiger partial charge in [0, 0.05) is 12.4 Å². The van der Waals surface area contributed by atoms with Crippen LogP contribution in [0.1, 0.15) is 16.2 Å². The van der Waals surface area contributed by atoms with E-state index in [9.17, 15) is 18.0 Å². The largest absolute Gasteiger partial charge is 0.475 e. The third kappa shape index (κ3) is 3.23. The summed E-state index contributed by atoms with van der Waals surface area (Å²) in [6.07, 6.45) is -3.19. The van der Waals surface area contributed by atoms with Crippen molar-refractivity contribution in [2.24, 2.45) is 0 Å². The molecule has 1 aromatic rings. The molecule has 16 heavy (non-hydrogen) atoms. The van der Waals surface area contributed by atoms with Crippen LogP contribution in [-0.2, 0) is 6.18 Å². The molecule has 0 fully saturated rings. The quantitative estimate of drug-likeness (QED) is 0.772. The van der Waals surface area contributed by atoms with E-state index in [2.05, 4.69) is 10.1 Å². The van der Waals surface area contributed by atoms with E-state index in [4.69, 9.17) is 5.11 Å².